The van der Waals surface area contributed by atoms with Gasteiger partial charge in [-0.15, -0.1) is 0 Å². The first-order chi connectivity index (χ1) is 26.3. The number of hydrogen-bond donors (Lipinski definition) is 0. The molecule has 0 unspecified atom stereocenters. The van der Waals surface area contributed by atoms with Crippen LogP contribution in [0.3, 0.4) is 0 Å². The predicted octanol–water partition coefficient (Wildman–Crippen LogP) is 15.2. The van der Waals surface area contributed by atoms with Crippen LogP contribution in [0.1, 0.15) is 27.8 Å². The third kappa shape index (κ3) is 5.07. The zero-order valence-corrected chi connectivity index (χ0v) is 31.5. The first-order valence-electron chi connectivity index (χ1n) is 19.0. The van der Waals surface area contributed by atoms with E-state index >= 15 is 0 Å². The highest BCUT2D eigenvalue weighted by molar-refractivity contribution is 6.27. The Bertz CT molecular complexity index is 2950. The molecule has 54 heavy (non-hydrogen) atoms. The first kappa shape index (κ1) is 32.2. The normalized spacial score (nSPS) is 11.8. The van der Waals surface area contributed by atoms with Crippen LogP contribution in [0.5, 0.6) is 0 Å². The van der Waals surface area contributed by atoms with Gasteiger partial charge >= 0.3 is 0 Å². The van der Waals surface area contributed by atoms with Crippen LogP contribution in [-0.4, -0.2) is 0 Å². The fraction of sp³-hybridized carbons (Fsp3) is 0.0943. The summed E-state index contributed by atoms with van der Waals surface area (Å²) in [5.74, 6) is 0. The fourth-order valence-corrected chi connectivity index (χ4v) is 9.02. The van der Waals surface area contributed by atoms with Gasteiger partial charge in [0.1, 0.15) is 0 Å². The molecule has 0 atom stereocenters. The highest BCUT2D eigenvalue weighted by Crippen LogP contribution is 2.49. The molecule has 10 rings (SSSR count). The van der Waals surface area contributed by atoms with Gasteiger partial charge in [0.05, 0.1) is 5.69 Å². The van der Waals surface area contributed by atoms with Crippen LogP contribution in [0.2, 0.25) is 0 Å². The van der Waals surface area contributed by atoms with Crippen molar-refractivity contribution in [1.29, 1.82) is 0 Å². The minimum Gasteiger partial charge on any atom is -0.309 e. The van der Waals surface area contributed by atoms with Crippen molar-refractivity contribution >= 4 is 70.9 Å². The Kier molecular flexibility index (Phi) is 7.35. The number of rotatable bonds is 5. The van der Waals surface area contributed by atoms with Gasteiger partial charge in [0.2, 0.25) is 0 Å². The van der Waals surface area contributed by atoms with E-state index in [1.807, 2.05) is 0 Å². The molecule has 0 aliphatic heterocycles. The lowest BCUT2D eigenvalue weighted by atomic mass is 9.85. The fourth-order valence-electron chi connectivity index (χ4n) is 9.02. The largest absolute Gasteiger partial charge is 0.309 e. The van der Waals surface area contributed by atoms with Gasteiger partial charge in [0.15, 0.2) is 0 Å². The monoisotopic (exact) mass is 691 g/mol. The lowest BCUT2D eigenvalue weighted by Gasteiger charge is -2.30. The molecule has 1 nitrogen and oxygen atoms in total. The summed E-state index contributed by atoms with van der Waals surface area (Å²) in [5, 5.41) is 13.0. The summed E-state index contributed by atoms with van der Waals surface area (Å²) in [4.78, 5) is 2.45. The standard InChI is InChI=1S/C53H41N/c1-32-14-20-41(21-15-32)54(42-22-16-33(2)17-23-42)53-47-12-8-6-10-44(47)51(45-11-7-9-13-48(45)53)40-29-35(4)28-39(31-40)49-30-36(5)43-24-18-37-26-34(3)27-38-19-25-46(49)52(43)50(37)38/h6-31H,1-5H3. The van der Waals surface area contributed by atoms with Crippen molar-refractivity contribution in [1.82, 2.24) is 0 Å². The van der Waals surface area contributed by atoms with Gasteiger partial charge in [-0.1, -0.05) is 139 Å². The number of nitrogens with zero attached hydrogens (tertiary/aromatic N) is 1. The number of hydrogen-bond acceptors (Lipinski definition) is 1. The molecule has 0 saturated carbocycles. The molecule has 0 aromatic heterocycles. The van der Waals surface area contributed by atoms with Gasteiger partial charge in [-0.25, -0.2) is 0 Å². The molecule has 0 fully saturated rings. The van der Waals surface area contributed by atoms with Crippen molar-refractivity contribution in [2.24, 2.45) is 0 Å². The van der Waals surface area contributed by atoms with Gasteiger partial charge in [0, 0.05) is 22.1 Å². The van der Waals surface area contributed by atoms with Crippen molar-refractivity contribution < 1.29 is 0 Å². The Morgan fingerprint density at radius 3 is 1.43 bits per heavy atom. The Morgan fingerprint density at radius 2 is 0.852 bits per heavy atom. The molecular weight excluding hydrogens is 651 g/mol. The van der Waals surface area contributed by atoms with Crippen LogP contribution in [0.15, 0.2) is 158 Å². The summed E-state index contributed by atoms with van der Waals surface area (Å²) >= 11 is 0. The average molecular weight is 692 g/mol. The minimum atomic E-state index is 1.14. The van der Waals surface area contributed by atoms with Crippen LogP contribution in [-0.2, 0) is 0 Å². The van der Waals surface area contributed by atoms with Gasteiger partial charge in [0.25, 0.3) is 0 Å². The zero-order valence-electron chi connectivity index (χ0n) is 31.5. The maximum Gasteiger partial charge on any atom is 0.0618 e. The Morgan fingerprint density at radius 1 is 0.352 bits per heavy atom. The lowest BCUT2D eigenvalue weighted by molar-refractivity contribution is 1.29. The summed E-state index contributed by atoms with van der Waals surface area (Å²) in [6.07, 6.45) is 0. The smallest absolute Gasteiger partial charge is 0.0618 e. The summed E-state index contributed by atoms with van der Waals surface area (Å²) in [7, 11) is 0. The molecule has 10 aromatic carbocycles. The van der Waals surface area contributed by atoms with E-state index in [9.17, 15) is 0 Å². The topological polar surface area (TPSA) is 3.24 Å². The molecule has 0 aliphatic rings. The molecule has 0 bridgehead atoms. The summed E-state index contributed by atoms with van der Waals surface area (Å²) in [5.41, 5.74) is 14.9. The first-order valence-corrected chi connectivity index (χ1v) is 19.0. The van der Waals surface area contributed by atoms with Gasteiger partial charge in [-0.2, -0.15) is 0 Å². The molecule has 1 heteroatoms. The molecule has 0 amide bonds. The van der Waals surface area contributed by atoms with Gasteiger partial charge in [-0.3, -0.25) is 0 Å². The van der Waals surface area contributed by atoms with Crippen LogP contribution in [0, 0.1) is 34.6 Å². The van der Waals surface area contributed by atoms with E-state index in [0.29, 0.717) is 0 Å². The predicted molar refractivity (Wildman–Crippen MR) is 234 cm³/mol. The van der Waals surface area contributed by atoms with Gasteiger partial charge in [-0.05, 0) is 147 Å². The lowest BCUT2D eigenvalue weighted by Crippen LogP contribution is -2.11. The number of aryl methyl sites for hydroxylation is 5. The Balaban J connectivity index is 1.25. The molecule has 0 aliphatic carbocycles. The molecule has 0 radical (unpaired) electrons. The molecule has 258 valence electrons. The van der Waals surface area contributed by atoms with Gasteiger partial charge < -0.3 is 4.90 Å². The Hall–Kier alpha value is -6.44. The summed E-state index contributed by atoms with van der Waals surface area (Å²) in [6, 6.07) is 59.4. The molecule has 0 saturated heterocycles. The highest BCUT2D eigenvalue weighted by atomic mass is 15.1. The van der Waals surface area contributed by atoms with Crippen molar-refractivity contribution in [3.63, 3.8) is 0 Å². The summed E-state index contributed by atoms with van der Waals surface area (Å²) in [6.45, 7) is 11.0. The van der Waals surface area contributed by atoms with Crippen LogP contribution < -0.4 is 4.90 Å². The highest BCUT2D eigenvalue weighted by Gasteiger charge is 2.23. The maximum atomic E-state index is 2.45. The van der Waals surface area contributed by atoms with E-state index < -0.39 is 0 Å². The van der Waals surface area contributed by atoms with E-state index in [1.54, 1.807) is 0 Å². The molecule has 0 N–H and O–H groups in total. The van der Waals surface area contributed by atoms with E-state index in [1.165, 1.54) is 110 Å². The molecular formula is C53H41N. The average Bonchev–Trinajstić information content (AvgIpc) is 3.18. The molecule has 10 aromatic rings. The van der Waals surface area contributed by atoms with Crippen LogP contribution in [0.4, 0.5) is 17.1 Å². The maximum absolute atomic E-state index is 2.45. The van der Waals surface area contributed by atoms with E-state index in [2.05, 4.69) is 197 Å². The summed E-state index contributed by atoms with van der Waals surface area (Å²) < 4.78 is 0. The van der Waals surface area contributed by atoms with Crippen molar-refractivity contribution in [2.45, 2.75) is 34.6 Å². The second-order valence-electron chi connectivity index (χ2n) is 15.3. The zero-order chi connectivity index (χ0) is 36.7. The van der Waals surface area contributed by atoms with E-state index in [4.69, 9.17) is 0 Å². The number of anilines is 3. The van der Waals surface area contributed by atoms with E-state index in [-0.39, 0.29) is 0 Å². The van der Waals surface area contributed by atoms with Crippen LogP contribution >= 0.6 is 0 Å². The number of benzene rings is 10. The molecule has 0 heterocycles. The van der Waals surface area contributed by atoms with Crippen molar-refractivity contribution in [3.05, 3.63) is 186 Å². The number of fused-ring (bicyclic) bond motifs is 2. The second kappa shape index (κ2) is 12.3. The SMILES string of the molecule is Cc1ccc(N(c2ccc(C)cc2)c2c3ccccc3c(-c3cc(C)cc(-c4cc(C)c5ccc6cc(C)cc7ccc4c5c67)c3)c3ccccc23)cc1. The van der Waals surface area contributed by atoms with E-state index in [0.717, 1.165) is 11.4 Å². The van der Waals surface area contributed by atoms with Crippen LogP contribution in [0.25, 0.3) is 76.1 Å². The quantitative estimate of drug-likeness (QED) is 0.128. The third-order valence-electron chi connectivity index (χ3n) is 11.5. The Labute approximate surface area is 317 Å². The molecule has 0 spiro atoms. The third-order valence-corrected chi connectivity index (χ3v) is 11.5. The van der Waals surface area contributed by atoms with Crippen molar-refractivity contribution in [3.8, 4) is 22.3 Å². The second-order valence-corrected chi connectivity index (χ2v) is 15.3. The minimum absolute atomic E-state index is 1.14. The van der Waals surface area contributed by atoms with Crippen molar-refractivity contribution in [2.75, 3.05) is 4.90 Å².